The van der Waals surface area contributed by atoms with E-state index in [2.05, 4.69) is 31.8 Å². The molecule has 0 spiro atoms. The van der Waals surface area contributed by atoms with Gasteiger partial charge in [-0.05, 0) is 48.5 Å². The van der Waals surface area contributed by atoms with Gasteiger partial charge in [0.05, 0.1) is 19.0 Å². The van der Waals surface area contributed by atoms with Crippen LogP contribution in [0.5, 0.6) is 11.5 Å². The SMILES string of the molecule is COc1ccccc1NC(=O)COc1ccccc1/C=N/NC(=O)c1ccc(Br)cc1. The largest absolute Gasteiger partial charge is 0.495 e. The Bertz CT molecular complexity index is 1080. The number of para-hydroxylation sites is 3. The number of benzene rings is 3. The average molecular weight is 482 g/mol. The number of nitrogens with zero attached hydrogens (tertiary/aromatic N) is 1. The quantitative estimate of drug-likeness (QED) is 0.372. The first-order valence-electron chi connectivity index (χ1n) is 9.30. The first-order chi connectivity index (χ1) is 15.1. The molecule has 0 saturated carbocycles. The minimum absolute atomic E-state index is 0.200. The molecule has 0 atom stereocenters. The van der Waals surface area contributed by atoms with Crippen molar-refractivity contribution in [3.8, 4) is 11.5 Å². The van der Waals surface area contributed by atoms with Crippen LogP contribution in [0, 0.1) is 0 Å². The van der Waals surface area contributed by atoms with Crippen molar-refractivity contribution in [2.24, 2.45) is 5.10 Å². The number of hydrogen-bond donors (Lipinski definition) is 2. The van der Waals surface area contributed by atoms with E-state index in [1.807, 2.05) is 6.07 Å². The summed E-state index contributed by atoms with van der Waals surface area (Å²) in [6.45, 7) is -0.200. The maximum atomic E-state index is 12.3. The molecule has 7 nitrogen and oxygen atoms in total. The lowest BCUT2D eigenvalue weighted by molar-refractivity contribution is -0.118. The van der Waals surface area contributed by atoms with E-state index in [1.165, 1.54) is 13.3 Å². The van der Waals surface area contributed by atoms with Crippen molar-refractivity contribution in [1.82, 2.24) is 5.43 Å². The number of ether oxygens (including phenoxy) is 2. The van der Waals surface area contributed by atoms with Crippen molar-refractivity contribution in [2.45, 2.75) is 0 Å². The molecule has 0 aliphatic heterocycles. The van der Waals surface area contributed by atoms with Crippen LogP contribution < -0.4 is 20.2 Å². The van der Waals surface area contributed by atoms with Crippen molar-refractivity contribution in [3.63, 3.8) is 0 Å². The molecule has 158 valence electrons. The Morgan fingerprint density at radius 3 is 2.39 bits per heavy atom. The number of hydrazone groups is 1. The maximum absolute atomic E-state index is 12.3. The van der Waals surface area contributed by atoms with Crippen LogP contribution in [0.1, 0.15) is 15.9 Å². The van der Waals surface area contributed by atoms with Crippen molar-refractivity contribution in [2.75, 3.05) is 19.0 Å². The van der Waals surface area contributed by atoms with E-state index in [0.717, 1.165) is 4.47 Å². The van der Waals surface area contributed by atoms with Crippen LogP contribution in [0.15, 0.2) is 82.4 Å². The number of hydrogen-bond acceptors (Lipinski definition) is 5. The first-order valence-corrected chi connectivity index (χ1v) is 10.1. The number of anilines is 1. The molecule has 0 saturated heterocycles. The number of rotatable bonds is 8. The summed E-state index contributed by atoms with van der Waals surface area (Å²) in [5.41, 5.74) is 4.13. The Morgan fingerprint density at radius 2 is 1.65 bits per heavy atom. The molecule has 0 aliphatic carbocycles. The average Bonchev–Trinajstić information content (AvgIpc) is 2.79. The molecule has 0 heterocycles. The van der Waals surface area contributed by atoms with Crippen LogP contribution in [0.25, 0.3) is 0 Å². The molecule has 0 fully saturated rings. The number of amides is 2. The highest BCUT2D eigenvalue weighted by Crippen LogP contribution is 2.23. The summed E-state index contributed by atoms with van der Waals surface area (Å²) in [4.78, 5) is 24.4. The molecule has 2 N–H and O–H groups in total. The highest BCUT2D eigenvalue weighted by molar-refractivity contribution is 9.10. The van der Waals surface area contributed by atoms with Gasteiger partial charge in [0, 0.05) is 15.6 Å². The molecule has 0 bridgehead atoms. The molecule has 31 heavy (non-hydrogen) atoms. The van der Waals surface area contributed by atoms with Crippen molar-refractivity contribution < 1.29 is 19.1 Å². The van der Waals surface area contributed by atoms with Crippen LogP contribution in [-0.4, -0.2) is 31.7 Å². The zero-order valence-corrected chi connectivity index (χ0v) is 18.3. The van der Waals surface area contributed by atoms with E-state index in [1.54, 1.807) is 66.7 Å². The summed E-state index contributed by atoms with van der Waals surface area (Å²) >= 11 is 3.33. The normalized spacial score (nSPS) is 10.5. The molecule has 3 aromatic rings. The van der Waals surface area contributed by atoms with E-state index in [-0.39, 0.29) is 18.4 Å². The minimum Gasteiger partial charge on any atom is -0.495 e. The predicted octanol–water partition coefficient (Wildman–Crippen LogP) is 4.24. The van der Waals surface area contributed by atoms with Gasteiger partial charge in [0.25, 0.3) is 11.8 Å². The number of nitrogens with one attached hydrogen (secondary N) is 2. The second-order valence-electron chi connectivity index (χ2n) is 6.28. The monoisotopic (exact) mass is 481 g/mol. The number of carbonyl (C=O) groups is 2. The highest BCUT2D eigenvalue weighted by atomic mass is 79.9. The Hall–Kier alpha value is -3.65. The summed E-state index contributed by atoms with van der Waals surface area (Å²) in [7, 11) is 1.53. The van der Waals surface area contributed by atoms with Crippen LogP contribution in [0.3, 0.4) is 0 Å². The zero-order valence-electron chi connectivity index (χ0n) is 16.7. The van der Waals surface area contributed by atoms with Crippen molar-refractivity contribution >= 4 is 39.6 Å². The molecule has 0 unspecified atom stereocenters. The number of halogens is 1. The molecule has 3 rings (SSSR count). The molecule has 8 heteroatoms. The van der Waals surface area contributed by atoms with Crippen LogP contribution in [0.4, 0.5) is 5.69 Å². The summed E-state index contributed by atoms with van der Waals surface area (Å²) in [5, 5.41) is 6.73. The van der Waals surface area contributed by atoms with Crippen molar-refractivity contribution in [1.29, 1.82) is 0 Å². The van der Waals surface area contributed by atoms with Gasteiger partial charge < -0.3 is 14.8 Å². The van der Waals surface area contributed by atoms with E-state index in [9.17, 15) is 9.59 Å². The van der Waals surface area contributed by atoms with Crippen molar-refractivity contribution in [3.05, 3.63) is 88.4 Å². The fourth-order valence-corrected chi connectivity index (χ4v) is 2.89. The van der Waals surface area contributed by atoms with Gasteiger partial charge in [0.2, 0.25) is 0 Å². The molecule has 0 aromatic heterocycles. The molecule has 2 amide bonds. The van der Waals surface area contributed by atoms with E-state index < -0.39 is 0 Å². The third kappa shape index (κ3) is 6.42. The van der Waals surface area contributed by atoms with Crippen LogP contribution in [-0.2, 0) is 4.79 Å². The van der Waals surface area contributed by atoms with Gasteiger partial charge in [-0.3, -0.25) is 9.59 Å². The maximum Gasteiger partial charge on any atom is 0.271 e. The zero-order chi connectivity index (χ0) is 22.1. The fourth-order valence-electron chi connectivity index (χ4n) is 2.62. The second kappa shape index (κ2) is 10.9. The summed E-state index contributed by atoms with van der Waals surface area (Å²) < 4.78 is 11.7. The topological polar surface area (TPSA) is 89.0 Å². The van der Waals surface area contributed by atoms with Gasteiger partial charge in [-0.15, -0.1) is 0 Å². The summed E-state index contributed by atoms with van der Waals surface area (Å²) in [5.74, 6) is 0.349. The predicted molar refractivity (Wildman–Crippen MR) is 123 cm³/mol. The minimum atomic E-state index is -0.335. The van der Waals surface area contributed by atoms with E-state index in [4.69, 9.17) is 9.47 Å². The molecular weight excluding hydrogens is 462 g/mol. The first kappa shape index (κ1) is 22.0. The third-order valence-corrected chi connectivity index (χ3v) is 4.66. The van der Waals surface area contributed by atoms with Gasteiger partial charge in [0.15, 0.2) is 6.61 Å². The lowest BCUT2D eigenvalue weighted by atomic mass is 10.2. The van der Waals surface area contributed by atoms with Gasteiger partial charge in [0.1, 0.15) is 11.5 Å². The molecule has 0 aliphatic rings. The number of methoxy groups -OCH3 is 1. The van der Waals surface area contributed by atoms with Gasteiger partial charge >= 0.3 is 0 Å². The highest BCUT2D eigenvalue weighted by Gasteiger charge is 2.09. The third-order valence-electron chi connectivity index (χ3n) is 4.13. The van der Waals surface area contributed by atoms with Gasteiger partial charge in [-0.25, -0.2) is 5.43 Å². The fraction of sp³-hybridized carbons (Fsp3) is 0.0870. The molecule has 3 aromatic carbocycles. The Labute approximate surface area is 188 Å². The lowest BCUT2D eigenvalue weighted by Gasteiger charge is -2.11. The van der Waals surface area contributed by atoms with Gasteiger partial charge in [-0.2, -0.15) is 5.10 Å². The Balaban J connectivity index is 1.58. The Kier molecular flexibility index (Phi) is 7.78. The Morgan fingerprint density at radius 1 is 0.968 bits per heavy atom. The molecular formula is C23H20BrN3O4. The van der Waals surface area contributed by atoms with Crippen LogP contribution in [0.2, 0.25) is 0 Å². The van der Waals surface area contributed by atoms with E-state index >= 15 is 0 Å². The van der Waals surface area contributed by atoms with E-state index in [0.29, 0.717) is 28.3 Å². The summed E-state index contributed by atoms with van der Waals surface area (Å²) in [6, 6.07) is 21.1. The van der Waals surface area contributed by atoms with Gasteiger partial charge in [-0.1, -0.05) is 40.2 Å². The smallest absolute Gasteiger partial charge is 0.271 e. The second-order valence-corrected chi connectivity index (χ2v) is 7.20. The molecule has 0 radical (unpaired) electrons. The summed E-state index contributed by atoms with van der Waals surface area (Å²) in [6.07, 6.45) is 1.46. The van der Waals surface area contributed by atoms with Crippen LogP contribution >= 0.6 is 15.9 Å². The standard InChI is InChI=1S/C23H20BrN3O4/c1-30-21-9-5-3-7-19(21)26-22(28)15-31-20-8-4-2-6-17(20)14-25-27-23(29)16-10-12-18(24)13-11-16/h2-14H,15H2,1H3,(H,26,28)(H,27,29)/b25-14+. The number of carbonyl (C=O) groups excluding carboxylic acids is 2. The lowest BCUT2D eigenvalue weighted by Crippen LogP contribution is -2.21.